The van der Waals surface area contributed by atoms with E-state index in [9.17, 15) is 8.42 Å². The first kappa shape index (κ1) is 11.3. The second-order valence-electron chi connectivity index (χ2n) is 2.81. The first-order chi connectivity index (χ1) is 6.39. The van der Waals surface area contributed by atoms with Crippen LogP contribution in [0.3, 0.4) is 0 Å². The van der Waals surface area contributed by atoms with Gasteiger partial charge in [-0.3, -0.25) is 4.55 Å². The molecule has 0 aliphatic heterocycles. The van der Waals surface area contributed by atoms with Crippen LogP contribution < -0.4 is 5.32 Å². The summed E-state index contributed by atoms with van der Waals surface area (Å²) in [6, 6.07) is 6.51. The van der Waals surface area contributed by atoms with Gasteiger partial charge in [-0.25, -0.2) is 0 Å². The highest BCUT2D eigenvalue weighted by Crippen LogP contribution is 2.15. The Bertz CT molecular complexity index is 401. The number of halogens is 1. The fourth-order valence-corrected chi connectivity index (χ4v) is 1.27. The van der Waals surface area contributed by atoms with Gasteiger partial charge in [-0.05, 0) is 31.2 Å². The number of hydrogen-bond acceptors (Lipinski definition) is 3. The van der Waals surface area contributed by atoms with E-state index in [-0.39, 0.29) is 0 Å². The molecule has 0 aliphatic carbocycles. The second-order valence-corrected chi connectivity index (χ2v) is 4.98. The summed E-state index contributed by atoms with van der Waals surface area (Å²) in [7, 11) is -4.06. The minimum Gasteiger partial charge on any atom is -0.367 e. The van der Waals surface area contributed by atoms with E-state index in [1.807, 2.05) is 0 Å². The van der Waals surface area contributed by atoms with Crippen molar-refractivity contribution in [3.05, 3.63) is 29.3 Å². The van der Waals surface area contributed by atoms with Crippen molar-refractivity contribution >= 4 is 27.4 Å². The standard InChI is InChI=1S/C8H10ClNO3S/c1-6(14(11,12)13)10-8-4-2-7(9)3-5-8/h2-6,10H,1H3,(H,11,12,13)/t6-/m0/s1. The van der Waals surface area contributed by atoms with Crippen molar-refractivity contribution in [3.63, 3.8) is 0 Å². The lowest BCUT2D eigenvalue weighted by atomic mass is 10.3. The normalized spacial score (nSPS) is 13.6. The molecule has 0 bridgehead atoms. The third-order valence-corrected chi connectivity index (χ3v) is 2.92. The molecule has 0 radical (unpaired) electrons. The van der Waals surface area contributed by atoms with Crippen LogP contribution in [0.2, 0.25) is 5.02 Å². The van der Waals surface area contributed by atoms with Crippen LogP contribution in [0.25, 0.3) is 0 Å². The number of nitrogens with one attached hydrogen (secondary N) is 1. The molecule has 6 heteroatoms. The molecular weight excluding hydrogens is 226 g/mol. The van der Waals surface area contributed by atoms with Crippen LogP contribution >= 0.6 is 11.6 Å². The molecule has 2 N–H and O–H groups in total. The van der Waals surface area contributed by atoms with Gasteiger partial charge >= 0.3 is 0 Å². The van der Waals surface area contributed by atoms with E-state index in [0.29, 0.717) is 10.7 Å². The van der Waals surface area contributed by atoms with E-state index < -0.39 is 15.5 Å². The zero-order valence-corrected chi connectivity index (χ0v) is 9.01. The van der Waals surface area contributed by atoms with E-state index in [1.165, 1.54) is 6.92 Å². The van der Waals surface area contributed by atoms with Crippen molar-refractivity contribution in [2.24, 2.45) is 0 Å². The molecule has 0 aliphatic rings. The SMILES string of the molecule is C[C@@H](Nc1ccc(Cl)cc1)S(=O)(=O)O. The molecule has 1 aromatic carbocycles. The topological polar surface area (TPSA) is 66.4 Å². The molecule has 0 saturated carbocycles. The lowest BCUT2D eigenvalue weighted by molar-refractivity contribution is 0.475. The zero-order chi connectivity index (χ0) is 10.8. The summed E-state index contributed by atoms with van der Waals surface area (Å²) in [4.78, 5) is 0. The van der Waals surface area contributed by atoms with Crippen molar-refractivity contribution in [2.75, 3.05) is 5.32 Å². The second kappa shape index (κ2) is 4.16. The van der Waals surface area contributed by atoms with E-state index in [4.69, 9.17) is 16.2 Å². The average molecular weight is 236 g/mol. The zero-order valence-electron chi connectivity index (χ0n) is 7.44. The molecule has 0 fully saturated rings. The highest BCUT2D eigenvalue weighted by atomic mass is 35.5. The maximum absolute atomic E-state index is 10.7. The molecule has 0 heterocycles. The molecule has 0 aromatic heterocycles. The Morgan fingerprint density at radius 3 is 2.29 bits per heavy atom. The number of rotatable bonds is 3. The van der Waals surface area contributed by atoms with Crippen LogP contribution in [0.4, 0.5) is 5.69 Å². The molecule has 1 rings (SSSR count). The summed E-state index contributed by atoms with van der Waals surface area (Å²) in [5.74, 6) is 0. The Labute approximate surface area is 87.6 Å². The predicted molar refractivity (Wildman–Crippen MR) is 56.1 cm³/mol. The van der Waals surface area contributed by atoms with Gasteiger partial charge in [0.1, 0.15) is 0 Å². The Kier molecular flexibility index (Phi) is 3.36. The number of benzene rings is 1. The third kappa shape index (κ3) is 3.17. The van der Waals surface area contributed by atoms with Crippen molar-refractivity contribution < 1.29 is 13.0 Å². The molecule has 0 amide bonds. The van der Waals surface area contributed by atoms with Crippen LogP contribution in [0.1, 0.15) is 6.92 Å². The van der Waals surface area contributed by atoms with Gasteiger partial charge in [0.2, 0.25) is 0 Å². The van der Waals surface area contributed by atoms with Gasteiger partial charge in [0.15, 0.2) is 5.37 Å². The molecule has 0 spiro atoms. The molecule has 0 unspecified atom stereocenters. The fourth-order valence-electron chi connectivity index (χ4n) is 0.855. The lowest BCUT2D eigenvalue weighted by Crippen LogP contribution is -2.25. The molecular formula is C8H10ClNO3S. The van der Waals surface area contributed by atoms with E-state index >= 15 is 0 Å². The summed E-state index contributed by atoms with van der Waals surface area (Å²) in [6.07, 6.45) is 0. The van der Waals surface area contributed by atoms with Gasteiger partial charge in [0.25, 0.3) is 10.1 Å². The lowest BCUT2D eigenvalue weighted by Gasteiger charge is -2.11. The van der Waals surface area contributed by atoms with Crippen LogP contribution in [-0.2, 0) is 10.1 Å². The van der Waals surface area contributed by atoms with Gasteiger partial charge in [-0.15, -0.1) is 0 Å². The van der Waals surface area contributed by atoms with Crippen molar-refractivity contribution in [1.82, 2.24) is 0 Å². The smallest absolute Gasteiger partial charge is 0.285 e. The minimum absolute atomic E-state index is 0.565. The van der Waals surface area contributed by atoms with Gasteiger partial charge in [0.05, 0.1) is 0 Å². The Hall–Kier alpha value is -0.780. The van der Waals surface area contributed by atoms with Crippen molar-refractivity contribution in [2.45, 2.75) is 12.3 Å². The van der Waals surface area contributed by atoms with Gasteiger partial charge in [0, 0.05) is 10.7 Å². The van der Waals surface area contributed by atoms with Crippen LogP contribution in [0, 0.1) is 0 Å². The maximum Gasteiger partial charge on any atom is 0.285 e. The van der Waals surface area contributed by atoms with E-state index in [2.05, 4.69) is 5.32 Å². The van der Waals surface area contributed by atoms with Crippen LogP contribution in [0.5, 0.6) is 0 Å². The first-order valence-electron chi connectivity index (χ1n) is 3.88. The summed E-state index contributed by atoms with van der Waals surface area (Å²) in [5.41, 5.74) is 0.583. The monoisotopic (exact) mass is 235 g/mol. The van der Waals surface area contributed by atoms with Gasteiger partial charge in [-0.1, -0.05) is 11.6 Å². The summed E-state index contributed by atoms with van der Waals surface area (Å²) in [6.45, 7) is 1.35. The average Bonchev–Trinajstić information content (AvgIpc) is 2.07. The first-order valence-corrected chi connectivity index (χ1v) is 5.76. The largest absolute Gasteiger partial charge is 0.367 e. The highest BCUT2D eigenvalue weighted by molar-refractivity contribution is 7.86. The molecule has 14 heavy (non-hydrogen) atoms. The molecule has 78 valence electrons. The Morgan fingerprint density at radius 1 is 1.36 bits per heavy atom. The maximum atomic E-state index is 10.7. The van der Waals surface area contributed by atoms with Crippen LogP contribution in [-0.4, -0.2) is 18.3 Å². The molecule has 0 saturated heterocycles. The summed E-state index contributed by atoms with van der Waals surface area (Å²) >= 11 is 5.64. The molecule has 1 atom stereocenters. The van der Waals surface area contributed by atoms with Gasteiger partial charge in [-0.2, -0.15) is 8.42 Å². The number of hydrogen-bond donors (Lipinski definition) is 2. The van der Waals surface area contributed by atoms with E-state index in [0.717, 1.165) is 0 Å². The highest BCUT2D eigenvalue weighted by Gasteiger charge is 2.16. The Balaban J connectivity index is 2.75. The molecule has 4 nitrogen and oxygen atoms in total. The quantitative estimate of drug-likeness (QED) is 0.787. The van der Waals surface area contributed by atoms with Crippen LogP contribution in [0.15, 0.2) is 24.3 Å². The third-order valence-electron chi connectivity index (χ3n) is 1.66. The summed E-state index contributed by atoms with van der Waals surface area (Å²) in [5, 5.41) is 2.14. The molecule has 1 aromatic rings. The fraction of sp³-hybridized carbons (Fsp3) is 0.250. The Morgan fingerprint density at radius 2 is 1.86 bits per heavy atom. The van der Waals surface area contributed by atoms with Crippen molar-refractivity contribution in [3.8, 4) is 0 Å². The van der Waals surface area contributed by atoms with E-state index in [1.54, 1.807) is 24.3 Å². The van der Waals surface area contributed by atoms with Gasteiger partial charge < -0.3 is 5.32 Å². The minimum atomic E-state index is -4.06. The summed E-state index contributed by atoms with van der Waals surface area (Å²) < 4.78 is 30.0. The number of anilines is 1. The van der Waals surface area contributed by atoms with Crippen molar-refractivity contribution in [1.29, 1.82) is 0 Å². The predicted octanol–water partition coefficient (Wildman–Crippen LogP) is 1.99.